The summed E-state index contributed by atoms with van der Waals surface area (Å²) in [4.78, 5) is 23.7. The second-order valence-corrected chi connectivity index (χ2v) is 7.36. The smallest absolute Gasteiger partial charge is 0.255 e. The standard InChI is InChI=1S/C20H27N5O/c1-12(2)25(13(3)4)19(26)16-8-6-5-7-15(16)17-11-18(22-14-9-10-14)24-20(21)23-17/h5-8,11-14H,9-10H2,1-4H3,(H3,21,22,23,24). The maximum absolute atomic E-state index is 13.2. The van der Waals surface area contributed by atoms with Crippen LogP contribution in [0, 0.1) is 0 Å². The third kappa shape index (κ3) is 3.95. The predicted molar refractivity (Wildman–Crippen MR) is 105 cm³/mol. The largest absolute Gasteiger partial charge is 0.368 e. The summed E-state index contributed by atoms with van der Waals surface area (Å²) in [5.41, 5.74) is 7.99. The zero-order valence-electron chi connectivity index (χ0n) is 15.9. The van der Waals surface area contributed by atoms with Crippen LogP contribution in [0.1, 0.15) is 50.9 Å². The molecule has 1 aliphatic rings. The van der Waals surface area contributed by atoms with Crippen LogP contribution < -0.4 is 11.1 Å². The van der Waals surface area contributed by atoms with Gasteiger partial charge in [-0.05, 0) is 46.6 Å². The minimum Gasteiger partial charge on any atom is -0.368 e. The van der Waals surface area contributed by atoms with Gasteiger partial charge in [0.2, 0.25) is 5.95 Å². The number of rotatable bonds is 6. The van der Waals surface area contributed by atoms with E-state index in [4.69, 9.17) is 5.73 Å². The van der Waals surface area contributed by atoms with Gasteiger partial charge in [0, 0.05) is 35.3 Å². The van der Waals surface area contributed by atoms with Gasteiger partial charge in [0.05, 0.1) is 5.69 Å². The van der Waals surface area contributed by atoms with Gasteiger partial charge < -0.3 is 16.0 Å². The molecule has 0 unspecified atom stereocenters. The van der Waals surface area contributed by atoms with Gasteiger partial charge in [-0.2, -0.15) is 4.98 Å². The van der Waals surface area contributed by atoms with E-state index in [-0.39, 0.29) is 23.9 Å². The summed E-state index contributed by atoms with van der Waals surface area (Å²) in [6, 6.07) is 10.1. The highest BCUT2D eigenvalue weighted by Crippen LogP contribution is 2.29. The Hall–Kier alpha value is -2.63. The molecule has 1 aliphatic carbocycles. The Balaban J connectivity index is 2.01. The van der Waals surface area contributed by atoms with Crippen molar-refractivity contribution in [3.63, 3.8) is 0 Å². The highest BCUT2D eigenvalue weighted by Gasteiger charge is 2.25. The highest BCUT2D eigenvalue weighted by atomic mass is 16.2. The Morgan fingerprint density at radius 2 is 1.81 bits per heavy atom. The van der Waals surface area contributed by atoms with E-state index in [1.54, 1.807) is 0 Å². The van der Waals surface area contributed by atoms with Crippen LogP contribution in [-0.2, 0) is 0 Å². The van der Waals surface area contributed by atoms with E-state index in [0.717, 1.165) is 18.4 Å². The van der Waals surface area contributed by atoms with Crippen molar-refractivity contribution in [1.82, 2.24) is 14.9 Å². The number of hydrogen-bond acceptors (Lipinski definition) is 5. The number of aromatic nitrogens is 2. The van der Waals surface area contributed by atoms with Crippen LogP contribution >= 0.6 is 0 Å². The van der Waals surface area contributed by atoms with Crippen LogP contribution in [0.4, 0.5) is 11.8 Å². The molecule has 0 aliphatic heterocycles. The van der Waals surface area contributed by atoms with Crippen LogP contribution in [-0.4, -0.2) is 38.9 Å². The van der Waals surface area contributed by atoms with E-state index in [1.807, 2.05) is 62.9 Å². The van der Waals surface area contributed by atoms with E-state index in [9.17, 15) is 4.79 Å². The zero-order chi connectivity index (χ0) is 18.8. The van der Waals surface area contributed by atoms with Crippen molar-refractivity contribution in [2.45, 2.75) is 58.7 Å². The molecule has 1 aromatic heterocycles. The predicted octanol–water partition coefficient (Wildman–Crippen LogP) is 3.56. The third-order valence-electron chi connectivity index (χ3n) is 4.45. The van der Waals surface area contributed by atoms with Crippen LogP contribution in [0.5, 0.6) is 0 Å². The summed E-state index contributed by atoms with van der Waals surface area (Å²) in [6.45, 7) is 8.11. The average molecular weight is 353 g/mol. The summed E-state index contributed by atoms with van der Waals surface area (Å²) in [6.07, 6.45) is 2.29. The molecule has 0 atom stereocenters. The number of benzene rings is 1. The summed E-state index contributed by atoms with van der Waals surface area (Å²) in [5, 5.41) is 3.35. The SMILES string of the molecule is CC(C)N(C(=O)c1ccccc1-c1cc(NC2CC2)nc(N)n1)C(C)C. The lowest BCUT2D eigenvalue weighted by Crippen LogP contribution is -2.42. The summed E-state index contributed by atoms with van der Waals surface area (Å²) in [7, 11) is 0. The first-order chi connectivity index (χ1) is 12.4. The highest BCUT2D eigenvalue weighted by molar-refractivity contribution is 6.01. The Morgan fingerprint density at radius 1 is 1.15 bits per heavy atom. The third-order valence-corrected chi connectivity index (χ3v) is 4.45. The molecule has 1 fully saturated rings. The molecule has 6 heteroatoms. The number of carbonyl (C=O) groups is 1. The number of nitrogens with one attached hydrogen (secondary N) is 1. The first kappa shape index (κ1) is 18.2. The van der Waals surface area contributed by atoms with Crippen molar-refractivity contribution in [3.8, 4) is 11.3 Å². The zero-order valence-corrected chi connectivity index (χ0v) is 15.9. The number of nitrogens with zero attached hydrogens (tertiary/aromatic N) is 3. The lowest BCUT2D eigenvalue weighted by molar-refractivity contribution is 0.0644. The van der Waals surface area contributed by atoms with Crippen LogP contribution in [0.2, 0.25) is 0 Å². The van der Waals surface area contributed by atoms with E-state index in [2.05, 4.69) is 15.3 Å². The number of amides is 1. The Labute approximate surface area is 154 Å². The van der Waals surface area contributed by atoms with Gasteiger partial charge in [-0.1, -0.05) is 18.2 Å². The van der Waals surface area contributed by atoms with Gasteiger partial charge in [0.25, 0.3) is 5.91 Å². The Bertz CT molecular complexity index is 791. The van der Waals surface area contributed by atoms with Crippen molar-refractivity contribution in [3.05, 3.63) is 35.9 Å². The molecule has 1 aromatic carbocycles. The van der Waals surface area contributed by atoms with Gasteiger partial charge in [-0.3, -0.25) is 4.79 Å². The molecule has 138 valence electrons. The van der Waals surface area contributed by atoms with Crippen LogP contribution in [0.15, 0.2) is 30.3 Å². The second kappa shape index (κ2) is 7.32. The molecule has 0 bridgehead atoms. The van der Waals surface area contributed by atoms with Gasteiger partial charge in [0.15, 0.2) is 0 Å². The van der Waals surface area contributed by atoms with Gasteiger partial charge in [-0.25, -0.2) is 4.98 Å². The monoisotopic (exact) mass is 353 g/mol. The minimum absolute atomic E-state index is 0.000476. The van der Waals surface area contributed by atoms with E-state index < -0.39 is 0 Å². The van der Waals surface area contributed by atoms with E-state index in [1.165, 1.54) is 0 Å². The topological polar surface area (TPSA) is 84.1 Å². The van der Waals surface area contributed by atoms with Gasteiger partial charge in [-0.15, -0.1) is 0 Å². The van der Waals surface area contributed by atoms with Crippen molar-refractivity contribution in [1.29, 1.82) is 0 Å². The number of nitrogen functional groups attached to an aromatic ring is 1. The quantitative estimate of drug-likeness (QED) is 0.829. The molecule has 3 rings (SSSR count). The van der Waals surface area contributed by atoms with Gasteiger partial charge >= 0.3 is 0 Å². The molecule has 6 nitrogen and oxygen atoms in total. The van der Waals surface area contributed by atoms with Crippen LogP contribution in [0.3, 0.4) is 0 Å². The second-order valence-electron chi connectivity index (χ2n) is 7.36. The average Bonchev–Trinajstić information content (AvgIpc) is 3.37. The summed E-state index contributed by atoms with van der Waals surface area (Å²) < 4.78 is 0. The number of carbonyl (C=O) groups excluding carboxylic acids is 1. The maximum atomic E-state index is 13.2. The Kier molecular flexibility index (Phi) is 5.11. The molecule has 0 spiro atoms. The number of anilines is 2. The van der Waals surface area contributed by atoms with Gasteiger partial charge in [0.1, 0.15) is 5.82 Å². The molecular formula is C20H27N5O. The molecule has 1 amide bonds. The maximum Gasteiger partial charge on any atom is 0.255 e. The molecule has 1 saturated carbocycles. The molecule has 1 heterocycles. The molecule has 2 aromatic rings. The molecule has 0 saturated heterocycles. The molecular weight excluding hydrogens is 326 g/mol. The summed E-state index contributed by atoms with van der Waals surface area (Å²) >= 11 is 0. The first-order valence-electron chi connectivity index (χ1n) is 9.20. The fraction of sp³-hybridized carbons (Fsp3) is 0.450. The lowest BCUT2D eigenvalue weighted by atomic mass is 10.0. The fourth-order valence-corrected chi connectivity index (χ4v) is 3.21. The summed E-state index contributed by atoms with van der Waals surface area (Å²) in [5.74, 6) is 0.916. The molecule has 3 N–H and O–H groups in total. The van der Waals surface area contributed by atoms with E-state index in [0.29, 0.717) is 23.1 Å². The van der Waals surface area contributed by atoms with Crippen molar-refractivity contribution < 1.29 is 4.79 Å². The van der Waals surface area contributed by atoms with Crippen molar-refractivity contribution >= 4 is 17.7 Å². The van der Waals surface area contributed by atoms with Crippen molar-refractivity contribution in [2.24, 2.45) is 0 Å². The fourth-order valence-electron chi connectivity index (χ4n) is 3.21. The van der Waals surface area contributed by atoms with Crippen LogP contribution in [0.25, 0.3) is 11.3 Å². The first-order valence-corrected chi connectivity index (χ1v) is 9.20. The molecule has 0 radical (unpaired) electrons. The van der Waals surface area contributed by atoms with E-state index >= 15 is 0 Å². The lowest BCUT2D eigenvalue weighted by Gasteiger charge is -2.31. The normalized spacial score (nSPS) is 13.9. The Morgan fingerprint density at radius 3 is 2.42 bits per heavy atom. The number of hydrogen-bond donors (Lipinski definition) is 2. The molecule has 26 heavy (non-hydrogen) atoms. The van der Waals surface area contributed by atoms with Crippen molar-refractivity contribution in [2.75, 3.05) is 11.1 Å². The number of nitrogens with two attached hydrogens (primary N) is 1. The minimum atomic E-state index is -0.000476.